The first-order valence-electron chi connectivity index (χ1n) is 4.96. The van der Waals surface area contributed by atoms with Crippen molar-refractivity contribution in [2.75, 3.05) is 12.9 Å². The van der Waals surface area contributed by atoms with Crippen molar-refractivity contribution in [3.8, 4) is 17.6 Å². The lowest BCUT2D eigenvalue weighted by Crippen LogP contribution is -2.09. The Morgan fingerprint density at radius 1 is 1.44 bits per heavy atom. The summed E-state index contributed by atoms with van der Waals surface area (Å²) < 4.78 is 28.9. The zero-order valence-corrected chi connectivity index (χ0v) is 10.7. The van der Waals surface area contributed by atoms with Gasteiger partial charge in [-0.05, 0) is 25.1 Å². The predicted octanol–water partition coefficient (Wildman–Crippen LogP) is 1.19. The molecule has 0 bridgehead atoms. The van der Waals surface area contributed by atoms with Gasteiger partial charge in [0.15, 0.2) is 9.84 Å². The van der Waals surface area contributed by atoms with Gasteiger partial charge in [-0.2, -0.15) is 0 Å². The van der Waals surface area contributed by atoms with Crippen molar-refractivity contribution in [1.29, 1.82) is 0 Å². The Balaban J connectivity index is 3.39. The maximum Gasteiger partial charge on any atom is 0.335 e. The summed E-state index contributed by atoms with van der Waals surface area (Å²) in [6.45, 7) is 1.53. The molecule has 0 aromatic heterocycles. The average Bonchev–Trinajstić information content (AvgIpc) is 2.35. The number of ether oxygens (including phenoxy) is 1. The van der Waals surface area contributed by atoms with Gasteiger partial charge in [0.2, 0.25) is 0 Å². The van der Waals surface area contributed by atoms with Crippen LogP contribution in [0.5, 0.6) is 5.75 Å². The van der Waals surface area contributed by atoms with Gasteiger partial charge in [-0.1, -0.05) is 5.92 Å². The maximum atomic E-state index is 12.0. The molecule has 0 radical (unpaired) electrons. The van der Waals surface area contributed by atoms with E-state index in [2.05, 4.69) is 11.8 Å². The van der Waals surface area contributed by atoms with E-state index in [9.17, 15) is 13.2 Å². The summed E-state index contributed by atoms with van der Waals surface area (Å²) in [5, 5.41) is 8.85. The first-order chi connectivity index (χ1) is 8.42. The molecule has 0 heterocycles. The molecule has 1 aromatic carbocycles. The highest BCUT2D eigenvalue weighted by Gasteiger charge is 2.20. The van der Waals surface area contributed by atoms with Crippen molar-refractivity contribution < 1.29 is 23.1 Å². The average molecular weight is 268 g/mol. The molecule has 0 unspecified atom stereocenters. The third kappa shape index (κ3) is 3.02. The lowest BCUT2D eigenvalue weighted by Gasteiger charge is -2.08. The van der Waals surface area contributed by atoms with E-state index in [1.54, 1.807) is 0 Å². The van der Waals surface area contributed by atoms with E-state index in [0.29, 0.717) is 0 Å². The summed E-state index contributed by atoms with van der Waals surface area (Å²) in [6, 6.07) is 3.68. The van der Waals surface area contributed by atoms with E-state index in [1.165, 1.54) is 26.2 Å². The van der Waals surface area contributed by atoms with Gasteiger partial charge in [0, 0.05) is 0 Å². The summed E-state index contributed by atoms with van der Waals surface area (Å²) in [6.07, 6.45) is 0. The van der Waals surface area contributed by atoms with Gasteiger partial charge in [-0.15, -0.1) is 5.92 Å². The number of benzene rings is 1. The second-order valence-corrected chi connectivity index (χ2v) is 5.31. The molecule has 96 valence electrons. The topological polar surface area (TPSA) is 80.7 Å². The van der Waals surface area contributed by atoms with Crippen LogP contribution in [0.15, 0.2) is 23.1 Å². The van der Waals surface area contributed by atoms with Gasteiger partial charge >= 0.3 is 5.97 Å². The van der Waals surface area contributed by atoms with Crippen molar-refractivity contribution in [2.24, 2.45) is 0 Å². The smallest absolute Gasteiger partial charge is 0.335 e. The van der Waals surface area contributed by atoms with Crippen LogP contribution in [-0.4, -0.2) is 32.4 Å². The molecule has 1 N–H and O–H groups in total. The largest absolute Gasteiger partial charge is 0.495 e. The fraction of sp³-hybridized carbons (Fsp3) is 0.250. The zero-order valence-electron chi connectivity index (χ0n) is 9.93. The van der Waals surface area contributed by atoms with Crippen LogP contribution in [0.2, 0.25) is 0 Å². The van der Waals surface area contributed by atoms with Crippen molar-refractivity contribution in [3.05, 3.63) is 23.8 Å². The molecule has 5 nitrogen and oxygen atoms in total. The highest BCUT2D eigenvalue weighted by Crippen LogP contribution is 2.25. The maximum absolute atomic E-state index is 12.0. The number of sulfone groups is 1. The van der Waals surface area contributed by atoms with Crippen molar-refractivity contribution in [3.63, 3.8) is 0 Å². The Kier molecular flexibility index (Phi) is 4.34. The van der Waals surface area contributed by atoms with Crippen LogP contribution < -0.4 is 4.74 Å². The molecular formula is C12H12O5S. The normalized spacial score (nSPS) is 10.3. The van der Waals surface area contributed by atoms with Crippen LogP contribution in [0.3, 0.4) is 0 Å². The molecular weight excluding hydrogens is 256 g/mol. The van der Waals surface area contributed by atoms with Crippen LogP contribution in [0.25, 0.3) is 0 Å². The van der Waals surface area contributed by atoms with Crippen LogP contribution in [0, 0.1) is 11.8 Å². The molecule has 18 heavy (non-hydrogen) atoms. The minimum absolute atomic E-state index is 0.109. The van der Waals surface area contributed by atoms with Gasteiger partial charge in [-0.25, -0.2) is 13.2 Å². The minimum atomic E-state index is -3.68. The summed E-state index contributed by atoms with van der Waals surface area (Å²) in [5.74, 6) is 3.47. The number of methoxy groups -OCH3 is 1. The quantitative estimate of drug-likeness (QED) is 0.830. The summed E-state index contributed by atoms with van der Waals surface area (Å²) >= 11 is 0. The van der Waals surface area contributed by atoms with Gasteiger partial charge in [0.1, 0.15) is 16.4 Å². The zero-order chi connectivity index (χ0) is 13.8. The van der Waals surface area contributed by atoms with E-state index < -0.39 is 15.8 Å². The highest BCUT2D eigenvalue weighted by atomic mass is 32.2. The Labute approximate surface area is 105 Å². The summed E-state index contributed by atoms with van der Waals surface area (Å²) in [4.78, 5) is 10.7. The SMILES string of the molecule is CC#CCS(=O)(=O)c1cc(C(=O)O)ccc1OC. The summed E-state index contributed by atoms with van der Waals surface area (Å²) in [7, 11) is -2.36. The second kappa shape index (κ2) is 5.56. The highest BCUT2D eigenvalue weighted by molar-refractivity contribution is 7.91. The number of hydrogen-bond acceptors (Lipinski definition) is 4. The number of carboxylic acids is 1. The van der Waals surface area contributed by atoms with Crippen molar-refractivity contribution in [2.45, 2.75) is 11.8 Å². The third-order valence-corrected chi connectivity index (χ3v) is 3.70. The molecule has 0 saturated heterocycles. The Morgan fingerprint density at radius 2 is 2.11 bits per heavy atom. The molecule has 0 aliphatic carbocycles. The molecule has 1 rings (SSSR count). The van der Waals surface area contributed by atoms with Gasteiger partial charge < -0.3 is 9.84 Å². The lowest BCUT2D eigenvalue weighted by molar-refractivity contribution is 0.0696. The predicted molar refractivity (Wildman–Crippen MR) is 65.5 cm³/mol. The van der Waals surface area contributed by atoms with E-state index >= 15 is 0 Å². The Bertz CT molecular complexity index is 620. The van der Waals surface area contributed by atoms with Crippen molar-refractivity contribution in [1.82, 2.24) is 0 Å². The summed E-state index contributed by atoms with van der Waals surface area (Å²) in [5.41, 5.74) is -0.112. The minimum Gasteiger partial charge on any atom is -0.495 e. The van der Waals surface area contributed by atoms with Crippen molar-refractivity contribution >= 4 is 15.8 Å². The van der Waals surface area contributed by atoms with E-state index in [1.807, 2.05) is 0 Å². The fourth-order valence-electron chi connectivity index (χ4n) is 1.30. The monoisotopic (exact) mass is 268 g/mol. The number of rotatable bonds is 4. The van der Waals surface area contributed by atoms with Crippen LogP contribution in [0.4, 0.5) is 0 Å². The molecule has 1 aromatic rings. The molecule has 0 saturated carbocycles. The first-order valence-corrected chi connectivity index (χ1v) is 6.61. The molecule has 0 atom stereocenters. The lowest BCUT2D eigenvalue weighted by atomic mass is 10.2. The Hall–Kier alpha value is -2.00. The number of hydrogen-bond donors (Lipinski definition) is 1. The van der Waals surface area contributed by atoms with E-state index in [0.717, 1.165) is 6.07 Å². The van der Waals surface area contributed by atoms with Gasteiger partial charge in [0.05, 0.1) is 12.7 Å². The molecule has 0 fully saturated rings. The molecule has 0 aliphatic rings. The molecule has 0 aliphatic heterocycles. The standard InChI is InChI=1S/C12H12O5S/c1-3-4-7-18(15,16)11-8-9(12(13)14)5-6-10(11)17-2/h5-6,8H,7H2,1-2H3,(H,13,14). The van der Waals surface area contributed by atoms with E-state index in [-0.39, 0.29) is 22.0 Å². The number of carboxylic acid groups (broad SMARTS) is 1. The molecule has 0 amide bonds. The van der Waals surface area contributed by atoms with Crippen LogP contribution in [-0.2, 0) is 9.84 Å². The van der Waals surface area contributed by atoms with Crippen LogP contribution >= 0.6 is 0 Å². The number of carbonyl (C=O) groups is 1. The van der Waals surface area contributed by atoms with Gasteiger partial charge in [-0.3, -0.25) is 0 Å². The Morgan fingerprint density at radius 3 is 2.61 bits per heavy atom. The van der Waals surface area contributed by atoms with Gasteiger partial charge in [0.25, 0.3) is 0 Å². The van der Waals surface area contributed by atoms with E-state index in [4.69, 9.17) is 9.84 Å². The first kappa shape index (κ1) is 14.1. The number of aromatic carboxylic acids is 1. The molecule has 6 heteroatoms. The second-order valence-electron chi connectivity index (χ2n) is 3.36. The third-order valence-electron chi connectivity index (χ3n) is 2.18. The molecule has 0 spiro atoms. The van der Waals surface area contributed by atoms with Crippen LogP contribution in [0.1, 0.15) is 17.3 Å². The fourth-order valence-corrected chi connectivity index (χ4v) is 2.55.